The molecule has 5 nitrogen and oxygen atoms in total. The molecule has 15 heavy (non-hydrogen) atoms. The maximum Gasteiger partial charge on any atom is 0.325 e. The molecule has 0 aliphatic rings. The lowest BCUT2D eigenvalue weighted by Gasteiger charge is -2.11. The molecule has 1 atom stereocenters. The minimum absolute atomic E-state index is 0.273. The topological polar surface area (TPSA) is 67.2 Å². The molecule has 0 aliphatic carbocycles. The van der Waals surface area contributed by atoms with Crippen molar-refractivity contribution in [3.05, 3.63) is 11.9 Å². The number of anilines is 1. The molecular weight excluding hydrogens is 194 g/mol. The molecule has 0 aromatic carbocycles. The zero-order valence-electron chi connectivity index (χ0n) is 9.48. The molecular formula is C10H17N3O2. The normalized spacial score (nSPS) is 12.9. The van der Waals surface area contributed by atoms with Crippen LogP contribution in [-0.4, -0.2) is 26.9 Å². The maximum absolute atomic E-state index is 10.7. The molecule has 1 unspecified atom stereocenters. The Bertz CT molecular complexity index is 358. The van der Waals surface area contributed by atoms with Crippen molar-refractivity contribution >= 4 is 11.7 Å². The molecule has 1 heterocycles. The highest BCUT2D eigenvalue weighted by Gasteiger charge is 2.16. The lowest BCUT2D eigenvalue weighted by molar-refractivity contribution is -0.137. The van der Waals surface area contributed by atoms with E-state index in [2.05, 4.69) is 10.4 Å². The summed E-state index contributed by atoms with van der Waals surface area (Å²) < 4.78 is 1.69. The molecule has 0 aliphatic heterocycles. The van der Waals surface area contributed by atoms with Crippen LogP contribution in [0.3, 0.4) is 0 Å². The summed E-state index contributed by atoms with van der Waals surface area (Å²) in [6.45, 7) is 5.66. The van der Waals surface area contributed by atoms with Gasteiger partial charge in [-0.15, -0.1) is 0 Å². The molecule has 84 valence electrons. The van der Waals surface area contributed by atoms with Gasteiger partial charge in [0.05, 0.1) is 11.4 Å². The lowest BCUT2D eigenvalue weighted by atomic mass is 10.1. The first kappa shape index (κ1) is 11.6. The van der Waals surface area contributed by atoms with E-state index in [1.807, 2.05) is 20.9 Å². The van der Waals surface area contributed by atoms with Gasteiger partial charge in [0.25, 0.3) is 0 Å². The van der Waals surface area contributed by atoms with Crippen molar-refractivity contribution in [3.8, 4) is 0 Å². The Kier molecular flexibility index (Phi) is 3.34. The summed E-state index contributed by atoms with van der Waals surface area (Å²) in [4.78, 5) is 10.7. The van der Waals surface area contributed by atoms with E-state index in [1.165, 1.54) is 0 Å². The molecule has 0 bridgehead atoms. The van der Waals surface area contributed by atoms with Gasteiger partial charge >= 0.3 is 5.97 Å². The number of nitrogens with one attached hydrogen (secondary N) is 1. The average Bonchev–Trinajstić information content (AvgIpc) is 2.46. The fourth-order valence-corrected chi connectivity index (χ4v) is 1.34. The predicted molar refractivity (Wildman–Crippen MR) is 58.0 cm³/mol. The number of carboxylic acids is 1. The highest BCUT2D eigenvalue weighted by atomic mass is 16.4. The van der Waals surface area contributed by atoms with Crippen LogP contribution in [0.15, 0.2) is 6.20 Å². The van der Waals surface area contributed by atoms with Crippen molar-refractivity contribution in [3.63, 3.8) is 0 Å². The summed E-state index contributed by atoms with van der Waals surface area (Å²) in [7, 11) is 1.82. The van der Waals surface area contributed by atoms with E-state index in [0.717, 1.165) is 11.4 Å². The molecule has 1 rings (SSSR count). The number of carboxylic acid groups (broad SMARTS) is 1. The molecule has 0 saturated carbocycles. The second-order valence-electron chi connectivity index (χ2n) is 3.96. The van der Waals surface area contributed by atoms with E-state index < -0.39 is 12.0 Å². The average molecular weight is 211 g/mol. The smallest absolute Gasteiger partial charge is 0.325 e. The highest BCUT2D eigenvalue weighted by Crippen LogP contribution is 2.22. The van der Waals surface area contributed by atoms with Crippen LogP contribution in [0.5, 0.6) is 0 Å². The van der Waals surface area contributed by atoms with Crippen LogP contribution < -0.4 is 5.32 Å². The summed E-state index contributed by atoms with van der Waals surface area (Å²) >= 11 is 0. The van der Waals surface area contributed by atoms with Crippen molar-refractivity contribution in [1.29, 1.82) is 0 Å². The van der Waals surface area contributed by atoms with Gasteiger partial charge in [-0.1, -0.05) is 13.8 Å². The number of nitrogens with zero attached hydrogens (tertiary/aromatic N) is 2. The minimum atomic E-state index is -0.867. The van der Waals surface area contributed by atoms with E-state index in [4.69, 9.17) is 5.11 Å². The van der Waals surface area contributed by atoms with E-state index in [1.54, 1.807) is 17.8 Å². The van der Waals surface area contributed by atoms with Gasteiger partial charge in [0.2, 0.25) is 0 Å². The molecule has 0 spiro atoms. The number of hydrogen-bond donors (Lipinski definition) is 2. The number of aliphatic carboxylic acids is 1. The second-order valence-corrected chi connectivity index (χ2v) is 3.96. The Hall–Kier alpha value is -1.52. The number of aryl methyl sites for hydroxylation is 1. The number of rotatable bonds is 4. The Morgan fingerprint density at radius 2 is 2.13 bits per heavy atom. The summed E-state index contributed by atoms with van der Waals surface area (Å²) in [5.41, 5.74) is 1.69. The third-order valence-electron chi connectivity index (χ3n) is 2.15. The third-order valence-corrected chi connectivity index (χ3v) is 2.15. The molecule has 0 saturated heterocycles. The van der Waals surface area contributed by atoms with E-state index in [-0.39, 0.29) is 5.92 Å². The van der Waals surface area contributed by atoms with Crippen molar-refractivity contribution in [2.45, 2.75) is 32.7 Å². The molecule has 0 radical (unpaired) electrons. The van der Waals surface area contributed by atoms with Crippen LogP contribution in [0.1, 0.15) is 32.4 Å². The number of carbonyl (C=O) groups is 1. The number of hydrogen-bond acceptors (Lipinski definition) is 3. The fraction of sp³-hybridized carbons (Fsp3) is 0.600. The van der Waals surface area contributed by atoms with Crippen LogP contribution in [-0.2, 0) is 11.8 Å². The molecule has 1 aromatic rings. The summed E-state index contributed by atoms with van der Waals surface area (Å²) in [6, 6.07) is -0.605. The first-order chi connectivity index (χ1) is 6.91. The summed E-state index contributed by atoms with van der Waals surface area (Å²) in [5, 5.41) is 16.0. The SMILES string of the molecule is CC(Nc1cn(C)nc1C(C)C)C(=O)O. The maximum atomic E-state index is 10.7. The fourth-order valence-electron chi connectivity index (χ4n) is 1.34. The van der Waals surface area contributed by atoms with Gasteiger partial charge in [0.1, 0.15) is 6.04 Å². The summed E-state index contributed by atoms with van der Waals surface area (Å²) in [6.07, 6.45) is 1.80. The third kappa shape index (κ3) is 2.71. The first-order valence-electron chi connectivity index (χ1n) is 4.94. The van der Waals surface area contributed by atoms with E-state index >= 15 is 0 Å². The Balaban J connectivity index is 2.88. The van der Waals surface area contributed by atoms with Crippen LogP contribution in [0, 0.1) is 0 Å². The van der Waals surface area contributed by atoms with Crippen molar-refractivity contribution in [1.82, 2.24) is 9.78 Å². The van der Waals surface area contributed by atoms with Gasteiger partial charge in [0, 0.05) is 13.2 Å². The van der Waals surface area contributed by atoms with Crippen molar-refractivity contribution < 1.29 is 9.90 Å². The zero-order valence-corrected chi connectivity index (χ0v) is 9.48. The van der Waals surface area contributed by atoms with E-state index in [9.17, 15) is 4.79 Å². The van der Waals surface area contributed by atoms with Gasteiger partial charge in [-0.2, -0.15) is 5.10 Å². The summed E-state index contributed by atoms with van der Waals surface area (Å²) in [5.74, 6) is -0.594. The first-order valence-corrected chi connectivity index (χ1v) is 4.94. The van der Waals surface area contributed by atoms with Crippen LogP contribution in [0.4, 0.5) is 5.69 Å². The number of aromatic nitrogens is 2. The Morgan fingerprint density at radius 3 is 2.60 bits per heavy atom. The van der Waals surface area contributed by atoms with Crippen molar-refractivity contribution in [2.24, 2.45) is 7.05 Å². The van der Waals surface area contributed by atoms with E-state index in [0.29, 0.717) is 0 Å². The molecule has 0 fully saturated rings. The zero-order chi connectivity index (χ0) is 11.6. The predicted octanol–water partition coefficient (Wildman–Crippen LogP) is 1.43. The second kappa shape index (κ2) is 4.33. The quantitative estimate of drug-likeness (QED) is 0.790. The lowest BCUT2D eigenvalue weighted by Crippen LogP contribution is -2.25. The van der Waals surface area contributed by atoms with Gasteiger partial charge in [-0.25, -0.2) is 0 Å². The Morgan fingerprint density at radius 1 is 1.53 bits per heavy atom. The molecule has 0 amide bonds. The molecule has 5 heteroatoms. The van der Waals surface area contributed by atoms with Gasteiger partial charge in [0.15, 0.2) is 0 Å². The van der Waals surface area contributed by atoms with Gasteiger partial charge < -0.3 is 10.4 Å². The Labute approximate surface area is 89.1 Å². The van der Waals surface area contributed by atoms with Gasteiger partial charge in [-0.3, -0.25) is 9.48 Å². The van der Waals surface area contributed by atoms with Gasteiger partial charge in [-0.05, 0) is 12.8 Å². The van der Waals surface area contributed by atoms with Crippen LogP contribution in [0.25, 0.3) is 0 Å². The van der Waals surface area contributed by atoms with Crippen LogP contribution in [0.2, 0.25) is 0 Å². The highest BCUT2D eigenvalue weighted by molar-refractivity contribution is 5.77. The monoisotopic (exact) mass is 211 g/mol. The van der Waals surface area contributed by atoms with Crippen molar-refractivity contribution in [2.75, 3.05) is 5.32 Å². The standard InChI is InChI=1S/C10H17N3O2/c1-6(2)9-8(5-13(4)12-9)11-7(3)10(14)15/h5-7,11H,1-4H3,(H,14,15). The largest absolute Gasteiger partial charge is 0.480 e. The molecule has 1 aromatic heterocycles. The minimum Gasteiger partial charge on any atom is -0.480 e. The molecule has 2 N–H and O–H groups in total. The van der Waals surface area contributed by atoms with Crippen LogP contribution >= 0.6 is 0 Å².